The lowest BCUT2D eigenvalue weighted by molar-refractivity contribution is 0.666. The number of rotatable bonds is 7. The van der Waals surface area contributed by atoms with Gasteiger partial charge in [-0.25, -0.2) is 19.9 Å². The third kappa shape index (κ3) is 10.2. The summed E-state index contributed by atoms with van der Waals surface area (Å²) in [6.07, 6.45) is 3.09. The SMILES string of the molecule is Cc1cccc(-c2cccc(-c3cccc4c3sc3ccccc34)c2)c1.Clc1ncnc2c1oc1ccc(-c3ccccc3)cc12.c1ccc(-c2ccc3oc4c(-c5cccc(-c6cccc(-c7cccc8c7sc7ccccc78)c6)c5)ncnc4c3c2)cc1. The van der Waals surface area contributed by atoms with Crippen molar-refractivity contribution in [1.29, 1.82) is 0 Å². The number of aromatic nitrogens is 4. The Bertz CT molecular complexity index is 5730. The van der Waals surface area contributed by atoms with Crippen LogP contribution in [0.4, 0.5) is 0 Å². The summed E-state index contributed by atoms with van der Waals surface area (Å²) >= 11 is 9.79. The van der Waals surface area contributed by atoms with E-state index < -0.39 is 0 Å². The number of aryl methyl sites for hydroxylation is 1. The van der Waals surface area contributed by atoms with Crippen LogP contribution in [0.5, 0.6) is 0 Å². The number of thiophene rings is 2. The van der Waals surface area contributed by atoms with Gasteiger partial charge in [-0.15, -0.1) is 22.7 Å². The van der Waals surface area contributed by atoms with Gasteiger partial charge in [-0.2, -0.15) is 0 Å². The number of hydrogen-bond donors (Lipinski definition) is 0. The van der Waals surface area contributed by atoms with Crippen molar-refractivity contribution in [2.45, 2.75) is 6.92 Å². The van der Waals surface area contributed by atoms with E-state index in [1.165, 1.54) is 85.6 Å². The van der Waals surface area contributed by atoms with Gasteiger partial charge in [0.05, 0.1) is 0 Å². The van der Waals surface area contributed by atoms with Crippen LogP contribution in [0.15, 0.2) is 301 Å². The summed E-state index contributed by atoms with van der Waals surface area (Å²) in [6, 6.07) is 98.5. The Balaban J connectivity index is 0.000000119. The first-order valence-corrected chi connectivity index (χ1v) is 31.7. The molecule has 90 heavy (non-hydrogen) atoms. The van der Waals surface area contributed by atoms with Crippen LogP contribution in [0, 0.1) is 6.92 Å². The van der Waals surface area contributed by atoms with E-state index >= 15 is 0 Å². The van der Waals surface area contributed by atoms with Crippen LogP contribution >= 0.6 is 34.3 Å². The van der Waals surface area contributed by atoms with Gasteiger partial charge in [0.15, 0.2) is 16.3 Å². The average molecular weight is 1210 g/mol. The highest BCUT2D eigenvalue weighted by molar-refractivity contribution is 7.26. The van der Waals surface area contributed by atoms with Crippen molar-refractivity contribution in [1.82, 2.24) is 19.9 Å². The minimum atomic E-state index is 0.340. The minimum Gasteiger partial charge on any atom is -0.452 e. The number of nitrogens with zero attached hydrogens (tertiary/aromatic N) is 4. The predicted molar refractivity (Wildman–Crippen MR) is 379 cm³/mol. The van der Waals surface area contributed by atoms with Gasteiger partial charge >= 0.3 is 0 Å². The molecule has 0 aliphatic carbocycles. The van der Waals surface area contributed by atoms with Gasteiger partial charge in [-0.05, 0) is 128 Å². The van der Waals surface area contributed by atoms with E-state index in [-0.39, 0.29) is 0 Å². The van der Waals surface area contributed by atoms with E-state index in [2.05, 4.69) is 258 Å². The maximum atomic E-state index is 6.39. The van der Waals surface area contributed by atoms with Gasteiger partial charge in [0.2, 0.25) is 0 Å². The fourth-order valence-electron chi connectivity index (χ4n) is 12.3. The largest absolute Gasteiger partial charge is 0.452 e. The standard InChI is InChI=1S/C40H24N2OS.C25H18S.C16H9ClN2O/c1-2-9-25(10-3-1)28-19-20-35-34(23-28)38-39(43-35)37(41-24-42-38)30-14-7-12-27(22-30)26-11-6-13-29(21-26)31-16-8-17-33-32-15-4-5-18-36(32)44-40(31)33;1-17-7-4-8-18(15-17)19-9-5-10-20(16-19)21-12-6-13-23-22-11-2-3-14-24(22)26-25(21)23;17-16-15-14(18-9-19-16)12-8-11(6-7-13(12)20-15)10-4-2-1-3-5-10/h1-24H;2-16H,1H3;1-9H. The first-order valence-electron chi connectivity index (χ1n) is 29.7. The van der Waals surface area contributed by atoms with E-state index in [4.69, 9.17) is 25.4 Å². The molecule has 18 rings (SSSR count). The van der Waals surface area contributed by atoms with Gasteiger partial charge in [-0.3, -0.25) is 0 Å². The second-order valence-corrected chi connectivity index (χ2v) is 24.7. The Labute approximate surface area is 531 Å². The van der Waals surface area contributed by atoms with E-state index in [0.29, 0.717) is 16.3 Å². The van der Waals surface area contributed by atoms with Gasteiger partial charge in [0.1, 0.15) is 40.5 Å². The molecule has 0 aliphatic heterocycles. The summed E-state index contributed by atoms with van der Waals surface area (Å²) in [4.78, 5) is 17.6. The average Bonchev–Trinajstić information content (AvgIpc) is 2.05. The number of hydrogen-bond acceptors (Lipinski definition) is 8. The molecule has 0 atom stereocenters. The van der Waals surface area contributed by atoms with Gasteiger partial charge < -0.3 is 8.83 Å². The number of halogens is 1. The van der Waals surface area contributed by atoms with Crippen LogP contribution in [0.3, 0.4) is 0 Å². The van der Waals surface area contributed by atoms with E-state index in [1.807, 2.05) is 65.1 Å². The highest BCUT2D eigenvalue weighted by atomic mass is 35.5. The smallest absolute Gasteiger partial charge is 0.191 e. The van der Waals surface area contributed by atoms with Crippen LogP contribution in [-0.4, -0.2) is 19.9 Å². The maximum absolute atomic E-state index is 6.39. The van der Waals surface area contributed by atoms with Gasteiger partial charge in [0.25, 0.3) is 0 Å². The summed E-state index contributed by atoms with van der Waals surface area (Å²) in [5.41, 5.74) is 21.9. The van der Waals surface area contributed by atoms with Crippen LogP contribution in [0.2, 0.25) is 5.15 Å². The minimum absolute atomic E-state index is 0.340. The second-order valence-electron chi connectivity index (χ2n) is 22.3. The molecule has 18 aromatic rings. The zero-order chi connectivity index (χ0) is 60.1. The zero-order valence-electron chi connectivity index (χ0n) is 48.5. The van der Waals surface area contributed by atoms with Crippen molar-refractivity contribution >= 4 is 119 Å². The Morgan fingerprint density at radius 3 is 1.24 bits per heavy atom. The first-order chi connectivity index (χ1) is 44.4. The Hall–Kier alpha value is -10.9. The molecule has 9 heteroatoms. The Morgan fingerprint density at radius 2 is 0.700 bits per heavy atom. The van der Waals surface area contributed by atoms with Crippen LogP contribution in [0.25, 0.3) is 163 Å². The molecule has 0 saturated heterocycles. The van der Waals surface area contributed by atoms with E-state index in [9.17, 15) is 0 Å². The highest BCUT2D eigenvalue weighted by Gasteiger charge is 2.19. The Kier molecular flexibility index (Phi) is 14.1. The molecule has 6 nitrogen and oxygen atoms in total. The lowest BCUT2D eigenvalue weighted by atomic mass is 9.96. The summed E-state index contributed by atoms with van der Waals surface area (Å²) in [6.45, 7) is 2.14. The van der Waals surface area contributed by atoms with Crippen molar-refractivity contribution in [3.8, 4) is 78.0 Å². The molecule has 426 valence electrons. The summed E-state index contributed by atoms with van der Waals surface area (Å²) in [7, 11) is 0. The highest BCUT2D eigenvalue weighted by Crippen LogP contribution is 2.44. The monoisotopic (exact) mass is 1210 g/mol. The number of fused-ring (bicyclic) bond motifs is 12. The topological polar surface area (TPSA) is 77.8 Å². The van der Waals surface area contributed by atoms with Crippen LogP contribution in [-0.2, 0) is 0 Å². The van der Waals surface area contributed by atoms with Crippen LogP contribution < -0.4 is 0 Å². The third-order valence-electron chi connectivity index (χ3n) is 16.6. The van der Waals surface area contributed by atoms with Crippen molar-refractivity contribution in [3.05, 3.63) is 302 Å². The third-order valence-corrected chi connectivity index (χ3v) is 19.4. The maximum Gasteiger partial charge on any atom is 0.191 e. The van der Waals surface area contributed by atoms with E-state index in [0.717, 1.165) is 77.6 Å². The fraction of sp³-hybridized carbons (Fsp3) is 0.0123. The van der Waals surface area contributed by atoms with E-state index in [1.54, 1.807) is 6.33 Å². The fourth-order valence-corrected chi connectivity index (χ4v) is 15.0. The molecule has 0 N–H and O–H groups in total. The summed E-state index contributed by atoms with van der Waals surface area (Å²) in [5.74, 6) is 0. The molecule has 12 aromatic carbocycles. The molecule has 0 aliphatic rings. The summed E-state index contributed by atoms with van der Waals surface area (Å²) < 4.78 is 17.5. The number of benzene rings is 12. The lowest BCUT2D eigenvalue weighted by Crippen LogP contribution is -1.88. The molecule has 0 fully saturated rings. The molecule has 0 unspecified atom stereocenters. The van der Waals surface area contributed by atoms with Crippen molar-refractivity contribution in [2.24, 2.45) is 0 Å². The molecular weight excluding hydrogens is 1160 g/mol. The van der Waals surface area contributed by atoms with Gasteiger partial charge in [0, 0.05) is 56.7 Å². The lowest BCUT2D eigenvalue weighted by Gasteiger charge is -2.09. The molecule has 6 heterocycles. The zero-order valence-corrected chi connectivity index (χ0v) is 50.9. The first kappa shape index (κ1) is 54.5. The molecule has 0 saturated carbocycles. The second kappa shape index (κ2) is 23.3. The van der Waals surface area contributed by atoms with Crippen molar-refractivity contribution < 1.29 is 8.83 Å². The molecular formula is C81H51ClN4O2S2. The van der Waals surface area contributed by atoms with Gasteiger partial charge in [-0.1, -0.05) is 242 Å². The summed E-state index contributed by atoms with van der Waals surface area (Å²) in [5, 5.41) is 7.61. The molecule has 0 radical (unpaired) electrons. The molecule has 6 aromatic heterocycles. The molecule has 0 spiro atoms. The molecule has 0 bridgehead atoms. The Morgan fingerprint density at radius 1 is 0.300 bits per heavy atom. The normalized spacial score (nSPS) is 11.4. The molecule has 0 amide bonds. The predicted octanol–water partition coefficient (Wildman–Crippen LogP) is 23.8. The van der Waals surface area contributed by atoms with Crippen LogP contribution in [0.1, 0.15) is 5.56 Å². The van der Waals surface area contributed by atoms with Crippen molar-refractivity contribution in [3.63, 3.8) is 0 Å². The quantitative estimate of drug-likeness (QED) is 0.148. The number of furan rings is 2. The van der Waals surface area contributed by atoms with Crippen molar-refractivity contribution in [2.75, 3.05) is 0 Å².